The molecule has 0 atom stereocenters. The summed E-state index contributed by atoms with van der Waals surface area (Å²) in [4.78, 5) is 0. The van der Waals surface area contributed by atoms with Gasteiger partial charge in [-0.3, -0.25) is 0 Å². The van der Waals surface area contributed by atoms with E-state index in [4.69, 9.17) is 10.5 Å². The van der Waals surface area contributed by atoms with Gasteiger partial charge in [-0.1, -0.05) is 6.07 Å². The second-order valence-electron chi connectivity index (χ2n) is 5.12. The average Bonchev–Trinajstić information content (AvgIpc) is 2.82. The third kappa shape index (κ3) is 2.28. The molecule has 0 radical (unpaired) electrons. The van der Waals surface area contributed by atoms with Gasteiger partial charge in [0.25, 0.3) is 0 Å². The predicted molar refractivity (Wildman–Crippen MR) is 73.4 cm³/mol. The van der Waals surface area contributed by atoms with Crippen LogP contribution in [0.25, 0.3) is 10.9 Å². The van der Waals surface area contributed by atoms with Crippen LogP contribution in [-0.4, -0.2) is 17.8 Å². The SMILES string of the molecule is NCc1ccc2c(ccn2CC2CCOCC2)c1. The minimum atomic E-state index is 0.612. The van der Waals surface area contributed by atoms with Crippen LogP contribution in [0.5, 0.6) is 0 Å². The van der Waals surface area contributed by atoms with Gasteiger partial charge >= 0.3 is 0 Å². The van der Waals surface area contributed by atoms with E-state index in [-0.39, 0.29) is 0 Å². The van der Waals surface area contributed by atoms with Crippen LogP contribution in [0.3, 0.4) is 0 Å². The van der Waals surface area contributed by atoms with Gasteiger partial charge in [-0.05, 0) is 47.9 Å². The summed E-state index contributed by atoms with van der Waals surface area (Å²) < 4.78 is 7.78. The Bertz CT molecular complexity index is 526. The smallest absolute Gasteiger partial charge is 0.0480 e. The molecular formula is C15H20N2O. The zero-order chi connectivity index (χ0) is 12.4. The van der Waals surface area contributed by atoms with Crippen molar-refractivity contribution in [2.45, 2.75) is 25.9 Å². The number of aromatic nitrogens is 1. The number of nitrogens with zero attached hydrogens (tertiary/aromatic N) is 1. The first-order chi connectivity index (χ1) is 8.86. The molecule has 0 unspecified atom stereocenters. The first kappa shape index (κ1) is 11.8. The second-order valence-corrected chi connectivity index (χ2v) is 5.12. The van der Waals surface area contributed by atoms with E-state index in [0.29, 0.717) is 6.54 Å². The fourth-order valence-corrected chi connectivity index (χ4v) is 2.74. The van der Waals surface area contributed by atoms with Crippen molar-refractivity contribution in [2.75, 3.05) is 13.2 Å². The Morgan fingerprint density at radius 1 is 1.22 bits per heavy atom. The van der Waals surface area contributed by atoms with Crippen molar-refractivity contribution in [3.63, 3.8) is 0 Å². The molecule has 0 spiro atoms. The van der Waals surface area contributed by atoms with Crippen molar-refractivity contribution in [3.8, 4) is 0 Å². The maximum absolute atomic E-state index is 5.68. The van der Waals surface area contributed by atoms with E-state index in [1.165, 1.54) is 29.3 Å². The van der Waals surface area contributed by atoms with Gasteiger partial charge in [0.1, 0.15) is 0 Å². The largest absolute Gasteiger partial charge is 0.381 e. The summed E-state index contributed by atoms with van der Waals surface area (Å²) >= 11 is 0. The van der Waals surface area contributed by atoms with Gasteiger partial charge in [0.2, 0.25) is 0 Å². The summed E-state index contributed by atoms with van der Waals surface area (Å²) in [6.45, 7) is 3.55. The normalized spacial score (nSPS) is 17.4. The number of nitrogens with two attached hydrogens (primary N) is 1. The monoisotopic (exact) mass is 244 g/mol. The van der Waals surface area contributed by atoms with Crippen molar-refractivity contribution in [2.24, 2.45) is 11.7 Å². The zero-order valence-corrected chi connectivity index (χ0v) is 10.6. The highest BCUT2D eigenvalue weighted by Crippen LogP contribution is 2.22. The van der Waals surface area contributed by atoms with Gasteiger partial charge in [0, 0.05) is 38.0 Å². The molecule has 1 aromatic heterocycles. The van der Waals surface area contributed by atoms with Crippen molar-refractivity contribution < 1.29 is 4.74 Å². The standard InChI is InChI=1S/C15H20N2O/c16-10-13-1-2-15-14(9-13)3-6-17(15)11-12-4-7-18-8-5-12/h1-3,6,9,12H,4-5,7-8,10-11,16H2. The molecular weight excluding hydrogens is 224 g/mol. The molecule has 18 heavy (non-hydrogen) atoms. The first-order valence-electron chi connectivity index (χ1n) is 6.72. The van der Waals surface area contributed by atoms with Crippen LogP contribution in [0.2, 0.25) is 0 Å². The summed E-state index contributed by atoms with van der Waals surface area (Å²) in [5.74, 6) is 0.753. The van der Waals surface area contributed by atoms with Crippen molar-refractivity contribution in [1.29, 1.82) is 0 Å². The van der Waals surface area contributed by atoms with Crippen molar-refractivity contribution in [1.82, 2.24) is 4.57 Å². The summed E-state index contributed by atoms with van der Waals surface area (Å²) in [5.41, 5.74) is 8.19. The van der Waals surface area contributed by atoms with E-state index in [9.17, 15) is 0 Å². The number of ether oxygens (including phenoxy) is 1. The van der Waals surface area contributed by atoms with Crippen LogP contribution in [0.1, 0.15) is 18.4 Å². The summed E-state index contributed by atoms with van der Waals surface area (Å²) in [6, 6.07) is 8.70. The summed E-state index contributed by atoms with van der Waals surface area (Å²) in [6.07, 6.45) is 4.56. The van der Waals surface area contributed by atoms with Gasteiger partial charge in [-0.25, -0.2) is 0 Å². The van der Waals surface area contributed by atoms with Crippen molar-refractivity contribution >= 4 is 10.9 Å². The number of hydrogen-bond donors (Lipinski definition) is 1. The molecule has 0 aliphatic carbocycles. The third-order valence-electron chi connectivity index (χ3n) is 3.87. The molecule has 0 saturated carbocycles. The molecule has 0 amide bonds. The topological polar surface area (TPSA) is 40.2 Å². The molecule has 1 fully saturated rings. The van der Waals surface area contributed by atoms with Crippen LogP contribution >= 0.6 is 0 Å². The molecule has 0 bridgehead atoms. The maximum Gasteiger partial charge on any atom is 0.0480 e. The number of benzene rings is 1. The lowest BCUT2D eigenvalue weighted by molar-refractivity contribution is 0.0616. The Balaban J connectivity index is 1.83. The van der Waals surface area contributed by atoms with Crippen LogP contribution in [0.15, 0.2) is 30.5 Å². The quantitative estimate of drug-likeness (QED) is 0.901. The average molecular weight is 244 g/mol. The second kappa shape index (κ2) is 5.12. The predicted octanol–water partition coefficient (Wildman–Crippen LogP) is 2.53. The van der Waals surface area contributed by atoms with Crippen LogP contribution in [-0.2, 0) is 17.8 Å². The molecule has 1 aliphatic heterocycles. The molecule has 2 N–H and O–H groups in total. The highest BCUT2D eigenvalue weighted by Gasteiger charge is 2.15. The minimum Gasteiger partial charge on any atom is -0.381 e. The van der Waals surface area contributed by atoms with E-state index < -0.39 is 0 Å². The fraction of sp³-hybridized carbons (Fsp3) is 0.467. The number of rotatable bonds is 3. The maximum atomic E-state index is 5.68. The molecule has 1 aromatic carbocycles. The van der Waals surface area contributed by atoms with Gasteiger partial charge in [-0.15, -0.1) is 0 Å². The van der Waals surface area contributed by atoms with E-state index >= 15 is 0 Å². The van der Waals surface area contributed by atoms with E-state index in [0.717, 1.165) is 25.7 Å². The highest BCUT2D eigenvalue weighted by atomic mass is 16.5. The Kier molecular flexibility index (Phi) is 3.35. The van der Waals surface area contributed by atoms with Gasteiger partial charge in [-0.2, -0.15) is 0 Å². The highest BCUT2D eigenvalue weighted by molar-refractivity contribution is 5.80. The lowest BCUT2D eigenvalue weighted by Gasteiger charge is -2.22. The molecule has 96 valence electrons. The van der Waals surface area contributed by atoms with E-state index in [2.05, 4.69) is 35.0 Å². The lowest BCUT2D eigenvalue weighted by Crippen LogP contribution is -2.20. The van der Waals surface area contributed by atoms with Crippen LogP contribution in [0.4, 0.5) is 0 Å². The zero-order valence-electron chi connectivity index (χ0n) is 10.6. The molecule has 2 aromatic rings. The van der Waals surface area contributed by atoms with Gasteiger partial charge in [0.05, 0.1) is 0 Å². The molecule has 2 heterocycles. The van der Waals surface area contributed by atoms with Crippen LogP contribution < -0.4 is 5.73 Å². The summed E-state index contributed by atoms with van der Waals surface area (Å²) in [7, 11) is 0. The Hall–Kier alpha value is -1.32. The number of fused-ring (bicyclic) bond motifs is 1. The molecule has 3 rings (SSSR count). The van der Waals surface area contributed by atoms with Crippen LogP contribution in [0, 0.1) is 5.92 Å². The molecule has 1 saturated heterocycles. The van der Waals surface area contributed by atoms with E-state index in [1.54, 1.807) is 0 Å². The van der Waals surface area contributed by atoms with Gasteiger partial charge < -0.3 is 15.0 Å². The fourth-order valence-electron chi connectivity index (χ4n) is 2.74. The molecule has 3 nitrogen and oxygen atoms in total. The Labute approximate surface area is 108 Å². The lowest BCUT2D eigenvalue weighted by atomic mass is 10.0. The first-order valence-corrected chi connectivity index (χ1v) is 6.72. The summed E-state index contributed by atoms with van der Waals surface area (Å²) in [5, 5.41) is 1.30. The Morgan fingerprint density at radius 2 is 2.06 bits per heavy atom. The minimum absolute atomic E-state index is 0.612. The molecule has 1 aliphatic rings. The number of hydrogen-bond acceptors (Lipinski definition) is 2. The van der Waals surface area contributed by atoms with Gasteiger partial charge in [0.15, 0.2) is 0 Å². The van der Waals surface area contributed by atoms with Crippen molar-refractivity contribution in [3.05, 3.63) is 36.0 Å². The third-order valence-corrected chi connectivity index (χ3v) is 3.87. The Morgan fingerprint density at radius 3 is 2.83 bits per heavy atom. The molecule has 3 heteroatoms. The van der Waals surface area contributed by atoms with E-state index in [1.807, 2.05) is 0 Å².